The van der Waals surface area contributed by atoms with Gasteiger partial charge in [-0.15, -0.1) is 0 Å². The predicted octanol–water partition coefficient (Wildman–Crippen LogP) is -0.312. The summed E-state index contributed by atoms with van der Waals surface area (Å²) in [6.07, 6.45) is 1.89. The zero-order chi connectivity index (χ0) is 13.9. The number of aromatic nitrogens is 2. The number of nitrogens with zero attached hydrogens (tertiary/aromatic N) is 2. The number of aliphatic hydroxyl groups excluding tert-OH is 1. The molecule has 18 heavy (non-hydrogen) atoms. The Labute approximate surface area is 107 Å². The van der Waals surface area contributed by atoms with Crippen LogP contribution in [0.3, 0.4) is 0 Å². The van der Waals surface area contributed by atoms with Gasteiger partial charge < -0.3 is 10.8 Å². The molecule has 104 valence electrons. The molecule has 0 bridgehead atoms. The van der Waals surface area contributed by atoms with E-state index in [4.69, 9.17) is 5.73 Å². The third-order valence-corrected chi connectivity index (χ3v) is 3.95. The smallest absolute Gasteiger partial charge is 0.246 e. The van der Waals surface area contributed by atoms with Gasteiger partial charge >= 0.3 is 0 Å². The summed E-state index contributed by atoms with van der Waals surface area (Å²) in [5.74, 6) is 0.224. The summed E-state index contributed by atoms with van der Waals surface area (Å²) in [6.45, 7) is 3.66. The van der Waals surface area contributed by atoms with Gasteiger partial charge in [-0.2, -0.15) is 5.10 Å². The molecule has 0 saturated carbocycles. The Bertz CT molecular complexity index is 495. The molecule has 0 aliphatic carbocycles. The molecule has 0 aliphatic heterocycles. The highest BCUT2D eigenvalue weighted by Gasteiger charge is 2.24. The summed E-state index contributed by atoms with van der Waals surface area (Å²) in [5.41, 5.74) is 5.53. The SMILES string of the molecule is CC(C)CC(CO)NS(=O)(=O)c1cn(C)nc1N. The Hall–Kier alpha value is -1.12. The van der Waals surface area contributed by atoms with E-state index in [2.05, 4.69) is 9.82 Å². The molecular formula is C10H20N4O3S. The second-order valence-corrected chi connectivity index (χ2v) is 6.36. The molecule has 1 heterocycles. The fourth-order valence-electron chi connectivity index (χ4n) is 1.70. The van der Waals surface area contributed by atoms with Crippen LogP contribution in [0, 0.1) is 5.92 Å². The van der Waals surface area contributed by atoms with Crippen molar-refractivity contribution >= 4 is 15.8 Å². The lowest BCUT2D eigenvalue weighted by molar-refractivity contribution is 0.240. The zero-order valence-electron chi connectivity index (χ0n) is 10.8. The molecule has 0 spiro atoms. The standard InChI is InChI=1S/C10H20N4O3S/c1-7(2)4-8(6-15)13-18(16,17)9-5-14(3)12-10(9)11/h5,7-8,13,15H,4,6H2,1-3H3,(H2,11,12). The molecule has 1 aromatic rings. The van der Waals surface area contributed by atoms with Crippen LogP contribution in [0.25, 0.3) is 0 Å². The highest BCUT2D eigenvalue weighted by molar-refractivity contribution is 7.89. The van der Waals surface area contributed by atoms with E-state index in [-0.39, 0.29) is 23.2 Å². The van der Waals surface area contributed by atoms with Crippen molar-refractivity contribution in [3.63, 3.8) is 0 Å². The topological polar surface area (TPSA) is 110 Å². The van der Waals surface area contributed by atoms with Crippen LogP contribution < -0.4 is 10.5 Å². The summed E-state index contributed by atoms with van der Waals surface area (Å²) < 4.78 is 27.9. The van der Waals surface area contributed by atoms with E-state index in [0.717, 1.165) is 0 Å². The largest absolute Gasteiger partial charge is 0.395 e. The van der Waals surface area contributed by atoms with E-state index < -0.39 is 16.1 Å². The number of sulfonamides is 1. The van der Waals surface area contributed by atoms with Crippen molar-refractivity contribution in [2.45, 2.75) is 31.2 Å². The first kappa shape index (κ1) is 14.9. The van der Waals surface area contributed by atoms with Crippen molar-refractivity contribution < 1.29 is 13.5 Å². The summed E-state index contributed by atoms with van der Waals surface area (Å²) in [4.78, 5) is -0.0628. The van der Waals surface area contributed by atoms with Crippen LogP contribution in [0.15, 0.2) is 11.1 Å². The van der Waals surface area contributed by atoms with Gasteiger partial charge in [0.15, 0.2) is 5.82 Å². The third-order valence-electron chi connectivity index (χ3n) is 2.41. The highest BCUT2D eigenvalue weighted by Crippen LogP contribution is 2.16. The summed E-state index contributed by atoms with van der Waals surface area (Å²) in [6, 6.07) is -0.519. The number of nitrogens with two attached hydrogens (primary N) is 1. The molecule has 0 amide bonds. The number of anilines is 1. The van der Waals surface area contributed by atoms with Crippen molar-refractivity contribution in [2.24, 2.45) is 13.0 Å². The van der Waals surface area contributed by atoms with Gasteiger partial charge in [0.2, 0.25) is 10.0 Å². The number of aryl methyl sites for hydroxylation is 1. The Morgan fingerprint density at radius 3 is 2.56 bits per heavy atom. The lowest BCUT2D eigenvalue weighted by atomic mass is 10.1. The molecule has 0 radical (unpaired) electrons. The molecule has 4 N–H and O–H groups in total. The van der Waals surface area contributed by atoms with Gasteiger partial charge in [0.1, 0.15) is 4.90 Å². The fraction of sp³-hybridized carbons (Fsp3) is 0.700. The van der Waals surface area contributed by atoms with Crippen molar-refractivity contribution in [1.82, 2.24) is 14.5 Å². The van der Waals surface area contributed by atoms with Crippen LogP contribution in [0.2, 0.25) is 0 Å². The minimum absolute atomic E-state index is 0.0498. The number of hydrogen-bond donors (Lipinski definition) is 3. The van der Waals surface area contributed by atoms with Gasteiger partial charge in [-0.05, 0) is 12.3 Å². The number of aliphatic hydroxyl groups is 1. The second-order valence-electron chi connectivity index (χ2n) is 4.68. The van der Waals surface area contributed by atoms with Gasteiger partial charge in [-0.25, -0.2) is 13.1 Å². The molecule has 0 saturated heterocycles. The van der Waals surface area contributed by atoms with Crippen LogP contribution in [0.5, 0.6) is 0 Å². The summed E-state index contributed by atoms with van der Waals surface area (Å²) in [5, 5.41) is 13.0. The first-order valence-electron chi connectivity index (χ1n) is 5.68. The molecule has 8 heteroatoms. The van der Waals surface area contributed by atoms with E-state index in [1.54, 1.807) is 7.05 Å². The molecule has 1 aromatic heterocycles. The quantitative estimate of drug-likeness (QED) is 0.660. The van der Waals surface area contributed by atoms with E-state index in [0.29, 0.717) is 6.42 Å². The number of nitrogen functional groups attached to an aromatic ring is 1. The van der Waals surface area contributed by atoms with Gasteiger partial charge in [-0.1, -0.05) is 13.8 Å². The minimum atomic E-state index is -3.75. The molecule has 1 rings (SSSR count). The Morgan fingerprint density at radius 2 is 2.17 bits per heavy atom. The first-order chi connectivity index (χ1) is 8.26. The lowest BCUT2D eigenvalue weighted by Gasteiger charge is -2.17. The summed E-state index contributed by atoms with van der Waals surface area (Å²) in [7, 11) is -2.16. The van der Waals surface area contributed by atoms with Crippen LogP contribution in [0.4, 0.5) is 5.82 Å². The Kier molecular flexibility index (Phi) is 4.71. The third kappa shape index (κ3) is 3.69. The molecule has 1 unspecified atom stereocenters. The van der Waals surface area contributed by atoms with E-state index >= 15 is 0 Å². The van der Waals surface area contributed by atoms with Crippen LogP contribution >= 0.6 is 0 Å². The van der Waals surface area contributed by atoms with Crippen LogP contribution in [-0.4, -0.2) is 36.0 Å². The van der Waals surface area contributed by atoms with Crippen molar-refractivity contribution in [1.29, 1.82) is 0 Å². The van der Waals surface area contributed by atoms with E-state index in [1.165, 1.54) is 10.9 Å². The van der Waals surface area contributed by atoms with Crippen molar-refractivity contribution in [3.8, 4) is 0 Å². The van der Waals surface area contributed by atoms with Gasteiger partial charge in [0.05, 0.1) is 6.61 Å². The van der Waals surface area contributed by atoms with Gasteiger partial charge in [0, 0.05) is 19.3 Å². The number of rotatable bonds is 6. The molecule has 0 aromatic carbocycles. The van der Waals surface area contributed by atoms with E-state index in [1.807, 2.05) is 13.8 Å². The van der Waals surface area contributed by atoms with Gasteiger partial charge in [0.25, 0.3) is 0 Å². The lowest BCUT2D eigenvalue weighted by Crippen LogP contribution is -2.38. The predicted molar refractivity (Wildman–Crippen MR) is 68.3 cm³/mol. The monoisotopic (exact) mass is 276 g/mol. The van der Waals surface area contributed by atoms with Crippen LogP contribution in [-0.2, 0) is 17.1 Å². The summed E-state index contributed by atoms with van der Waals surface area (Å²) >= 11 is 0. The minimum Gasteiger partial charge on any atom is -0.395 e. The van der Waals surface area contributed by atoms with E-state index in [9.17, 15) is 13.5 Å². The maximum absolute atomic E-state index is 12.1. The highest BCUT2D eigenvalue weighted by atomic mass is 32.2. The molecular weight excluding hydrogens is 256 g/mol. The normalized spacial score (nSPS) is 14.1. The van der Waals surface area contributed by atoms with Crippen molar-refractivity contribution in [2.75, 3.05) is 12.3 Å². The van der Waals surface area contributed by atoms with Gasteiger partial charge in [-0.3, -0.25) is 4.68 Å². The molecule has 7 nitrogen and oxygen atoms in total. The number of nitrogens with one attached hydrogen (secondary N) is 1. The Balaban J connectivity index is 2.90. The van der Waals surface area contributed by atoms with Crippen molar-refractivity contribution in [3.05, 3.63) is 6.20 Å². The maximum Gasteiger partial charge on any atom is 0.246 e. The van der Waals surface area contributed by atoms with Crippen LogP contribution in [0.1, 0.15) is 20.3 Å². The molecule has 0 aliphatic rings. The first-order valence-corrected chi connectivity index (χ1v) is 7.17. The molecule has 0 fully saturated rings. The average Bonchev–Trinajstić information content (AvgIpc) is 2.56. The zero-order valence-corrected chi connectivity index (χ0v) is 11.6. The number of hydrogen-bond acceptors (Lipinski definition) is 5. The Morgan fingerprint density at radius 1 is 1.56 bits per heavy atom. The fourth-order valence-corrected chi connectivity index (χ4v) is 3.05. The maximum atomic E-state index is 12.1. The average molecular weight is 276 g/mol. The molecule has 1 atom stereocenters. The second kappa shape index (κ2) is 5.68.